The topological polar surface area (TPSA) is 77.1 Å². The standard InChI is InChI=1S/C20H20N2O5/c1-20(12-14-7-8-16-17(11-14)27-13-26-16)18(23)22(19(24)21-20)9-10-25-15-5-3-2-4-6-15/h2-8,11H,9-10,12-13H2,1H3,(H,21,24)/t20-/m0/s1. The van der Waals surface area contributed by atoms with E-state index < -0.39 is 11.6 Å². The molecule has 1 atom stereocenters. The zero-order valence-corrected chi connectivity index (χ0v) is 14.9. The fraction of sp³-hybridized carbons (Fsp3) is 0.300. The Kier molecular flexibility index (Phi) is 4.35. The maximum Gasteiger partial charge on any atom is 0.325 e. The van der Waals surface area contributed by atoms with Crippen molar-refractivity contribution in [3.8, 4) is 17.2 Å². The number of para-hydroxylation sites is 1. The van der Waals surface area contributed by atoms with Gasteiger partial charge in [0.05, 0.1) is 6.54 Å². The molecule has 0 saturated carbocycles. The molecule has 1 N–H and O–H groups in total. The van der Waals surface area contributed by atoms with Gasteiger partial charge in [0.1, 0.15) is 17.9 Å². The third-order valence-electron chi connectivity index (χ3n) is 4.67. The molecule has 2 heterocycles. The lowest BCUT2D eigenvalue weighted by Crippen LogP contribution is -2.46. The molecule has 2 aromatic rings. The minimum Gasteiger partial charge on any atom is -0.492 e. The predicted molar refractivity (Wildman–Crippen MR) is 96.9 cm³/mol. The summed E-state index contributed by atoms with van der Waals surface area (Å²) in [5, 5.41) is 2.80. The molecule has 0 unspecified atom stereocenters. The molecule has 0 radical (unpaired) electrons. The van der Waals surface area contributed by atoms with E-state index >= 15 is 0 Å². The molecule has 0 aliphatic carbocycles. The molecule has 7 nitrogen and oxygen atoms in total. The zero-order valence-electron chi connectivity index (χ0n) is 14.9. The van der Waals surface area contributed by atoms with E-state index in [1.54, 1.807) is 6.92 Å². The Bertz CT molecular complexity index is 870. The molecule has 1 fully saturated rings. The highest BCUT2D eigenvalue weighted by Gasteiger charge is 2.47. The van der Waals surface area contributed by atoms with Crippen molar-refractivity contribution >= 4 is 11.9 Å². The molecule has 2 aliphatic rings. The van der Waals surface area contributed by atoms with Crippen molar-refractivity contribution in [3.63, 3.8) is 0 Å². The molecule has 2 aromatic carbocycles. The summed E-state index contributed by atoms with van der Waals surface area (Å²) in [5.74, 6) is 1.78. The summed E-state index contributed by atoms with van der Waals surface area (Å²) in [7, 11) is 0. The van der Waals surface area contributed by atoms with Crippen LogP contribution in [-0.4, -0.2) is 42.3 Å². The number of carbonyl (C=O) groups is 2. The second-order valence-corrected chi connectivity index (χ2v) is 6.74. The SMILES string of the molecule is C[C@@]1(Cc2ccc3c(c2)OCO3)NC(=O)N(CCOc2ccccc2)C1=O. The van der Waals surface area contributed by atoms with E-state index in [-0.39, 0.29) is 25.9 Å². The van der Waals surface area contributed by atoms with Crippen molar-refractivity contribution in [2.24, 2.45) is 0 Å². The minimum atomic E-state index is -1.00. The third-order valence-corrected chi connectivity index (χ3v) is 4.67. The summed E-state index contributed by atoms with van der Waals surface area (Å²) < 4.78 is 16.3. The van der Waals surface area contributed by atoms with Crippen LogP contribution in [-0.2, 0) is 11.2 Å². The van der Waals surface area contributed by atoms with Crippen molar-refractivity contribution in [1.29, 1.82) is 0 Å². The number of hydrogen-bond donors (Lipinski definition) is 1. The molecule has 0 aromatic heterocycles. The minimum absolute atomic E-state index is 0.191. The van der Waals surface area contributed by atoms with Crippen LogP contribution in [0.5, 0.6) is 17.2 Å². The molecule has 27 heavy (non-hydrogen) atoms. The van der Waals surface area contributed by atoms with Crippen molar-refractivity contribution in [3.05, 3.63) is 54.1 Å². The van der Waals surface area contributed by atoms with Gasteiger partial charge in [-0.2, -0.15) is 0 Å². The molecule has 0 spiro atoms. The van der Waals surface area contributed by atoms with E-state index in [2.05, 4.69) is 5.32 Å². The van der Waals surface area contributed by atoms with Crippen LogP contribution in [0.25, 0.3) is 0 Å². The molecule has 0 bridgehead atoms. The fourth-order valence-corrected chi connectivity index (χ4v) is 3.30. The number of imide groups is 1. The number of ether oxygens (including phenoxy) is 3. The van der Waals surface area contributed by atoms with Gasteiger partial charge in [0.2, 0.25) is 6.79 Å². The Morgan fingerprint density at radius 1 is 1.11 bits per heavy atom. The fourth-order valence-electron chi connectivity index (χ4n) is 3.30. The first-order valence-corrected chi connectivity index (χ1v) is 8.76. The van der Waals surface area contributed by atoms with Crippen LogP contribution in [0.15, 0.2) is 48.5 Å². The highest BCUT2D eigenvalue weighted by atomic mass is 16.7. The van der Waals surface area contributed by atoms with Gasteiger partial charge in [0.15, 0.2) is 11.5 Å². The molecule has 4 rings (SSSR count). The molecule has 3 amide bonds. The third kappa shape index (κ3) is 3.40. The lowest BCUT2D eigenvalue weighted by molar-refractivity contribution is -0.131. The molecular formula is C20H20N2O5. The highest BCUT2D eigenvalue weighted by Crippen LogP contribution is 2.34. The second-order valence-electron chi connectivity index (χ2n) is 6.74. The smallest absolute Gasteiger partial charge is 0.325 e. The number of hydrogen-bond acceptors (Lipinski definition) is 5. The van der Waals surface area contributed by atoms with Crippen LogP contribution in [0.3, 0.4) is 0 Å². The number of urea groups is 1. The van der Waals surface area contributed by atoms with Gasteiger partial charge in [0, 0.05) is 6.42 Å². The van der Waals surface area contributed by atoms with E-state index in [0.29, 0.717) is 23.7 Å². The summed E-state index contributed by atoms with van der Waals surface area (Å²) in [6.07, 6.45) is 0.365. The van der Waals surface area contributed by atoms with Crippen LogP contribution in [0.1, 0.15) is 12.5 Å². The van der Waals surface area contributed by atoms with Gasteiger partial charge in [-0.1, -0.05) is 24.3 Å². The lowest BCUT2D eigenvalue weighted by Gasteiger charge is -2.22. The number of nitrogens with one attached hydrogen (secondary N) is 1. The van der Waals surface area contributed by atoms with E-state index in [9.17, 15) is 9.59 Å². The first-order valence-electron chi connectivity index (χ1n) is 8.76. The first kappa shape index (κ1) is 17.2. The summed E-state index contributed by atoms with van der Waals surface area (Å²) >= 11 is 0. The van der Waals surface area contributed by atoms with Gasteiger partial charge < -0.3 is 19.5 Å². The van der Waals surface area contributed by atoms with Crippen LogP contribution < -0.4 is 19.5 Å². The average Bonchev–Trinajstić information content (AvgIpc) is 3.20. The summed E-state index contributed by atoms with van der Waals surface area (Å²) in [6, 6.07) is 14.4. The van der Waals surface area contributed by atoms with Crippen molar-refractivity contribution in [2.45, 2.75) is 18.9 Å². The second kappa shape index (κ2) is 6.83. The zero-order chi connectivity index (χ0) is 18.9. The van der Waals surface area contributed by atoms with Gasteiger partial charge in [-0.3, -0.25) is 9.69 Å². The largest absolute Gasteiger partial charge is 0.492 e. The normalized spacial score (nSPS) is 20.7. The summed E-state index contributed by atoms with van der Waals surface area (Å²) in [4.78, 5) is 26.4. The number of carbonyl (C=O) groups excluding carboxylic acids is 2. The van der Waals surface area contributed by atoms with Gasteiger partial charge in [0.25, 0.3) is 5.91 Å². The van der Waals surface area contributed by atoms with Crippen LogP contribution in [0.4, 0.5) is 4.79 Å². The molecule has 2 aliphatic heterocycles. The predicted octanol–water partition coefficient (Wildman–Crippen LogP) is 2.35. The molecule has 1 saturated heterocycles. The quantitative estimate of drug-likeness (QED) is 0.792. The highest BCUT2D eigenvalue weighted by molar-refractivity contribution is 6.06. The van der Waals surface area contributed by atoms with Crippen molar-refractivity contribution in [2.75, 3.05) is 19.9 Å². The first-order chi connectivity index (χ1) is 13.0. The maximum atomic E-state index is 12.8. The lowest BCUT2D eigenvalue weighted by atomic mass is 9.92. The van der Waals surface area contributed by atoms with Crippen LogP contribution in [0.2, 0.25) is 0 Å². The average molecular weight is 368 g/mol. The van der Waals surface area contributed by atoms with Gasteiger partial charge in [-0.25, -0.2) is 4.79 Å². The Morgan fingerprint density at radius 2 is 1.89 bits per heavy atom. The maximum absolute atomic E-state index is 12.8. The number of amides is 3. The monoisotopic (exact) mass is 368 g/mol. The molecule has 7 heteroatoms. The number of rotatable bonds is 6. The van der Waals surface area contributed by atoms with E-state index in [1.807, 2.05) is 48.5 Å². The summed E-state index contributed by atoms with van der Waals surface area (Å²) in [5.41, 5.74) is -0.116. The Morgan fingerprint density at radius 3 is 2.70 bits per heavy atom. The Labute approximate surface area is 156 Å². The molecule has 140 valence electrons. The summed E-state index contributed by atoms with van der Waals surface area (Å²) in [6.45, 7) is 2.36. The van der Waals surface area contributed by atoms with E-state index in [1.165, 1.54) is 4.90 Å². The van der Waals surface area contributed by atoms with E-state index in [4.69, 9.17) is 14.2 Å². The van der Waals surface area contributed by atoms with E-state index in [0.717, 1.165) is 5.56 Å². The number of nitrogens with zero attached hydrogens (tertiary/aromatic N) is 1. The van der Waals surface area contributed by atoms with Gasteiger partial charge in [-0.15, -0.1) is 0 Å². The Hall–Kier alpha value is -3.22. The van der Waals surface area contributed by atoms with Crippen molar-refractivity contribution < 1.29 is 23.8 Å². The van der Waals surface area contributed by atoms with Crippen LogP contribution in [0, 0.1) is 0 Å². The van der Waals surface area contributed by atoms with Crippen LogP contribution >= 0.6 is 0 Å². The Balaban J connectivity index is 1.40. The molecular weight excluding hydrogens is 348 g/mol. The van der Waals surface area contributed by atoms with Gasteiger partial charge >= 0.3 is 6.03 Å². The van der Waals surface area contributed by atoms with Gasteiger partial charge in [-0.05, 0) is 36.8 Å². The number of fused-ring (bicyclic) bond motifs is 1. The van der Waals surface area contributed by atoms with Crippen molar-refractivity contribution in [1.82, 2.24) is 10.2 Å². The number of benzene rings is 2.